The topological polar surface area (TPSA) is 415 Å². The molecule has 101 heavy (non-hydrogen) atoms. The maximum atomic E-state index is 14.5. The van der Waals surface area contributed by atoms with Gasteiger partial charge in [-0.15, -0.1) is 0 Å². The molecule has 0 spiro atoms. The number of Topliss-reactive ketones (excluding diaryl/α,β-unsaturated/α-hetero) is 3. The number of benzene rings is 1. The number of aliphatic hydroxyl groups is 3. The Labute approximate surface area is 590 Å². The van der Waals surface area contributed by atoms with Crippen LogP contribution in [0.3, 0.4) is 0 Å². The van der Waals surface area contributed by atoms with E-state index >= 15 is 0 Å². The van der Waals surface area contributed by atoms with Crippen molar-refractivity contribution in [1.82, 2.24) is 30.2 Å². The summed E-state index contributed by atoms with van der Waals surface area (Å²) in [5.41, 5.74) is 14.9. The summed E-state index contributed by atoms with van der Waals surface area (Å²) in [6, 6.07) is 4.02. The number of nitrogen functional groups attached to an aromatic ring is 2. The number of aliphatic carboxylic acids is 2. The largest absolute Gasteiger partial charge is 0.481 e. The lowest BCUT2D eigenvalue weighted by Crippen LogP contribution is -2.61. The first-order chi connectivity index (χ1) is 47.9. The van der Waals surface area contributed by atoms with Crippen LogP contribution in [0.5, 0.6) is 0 Å². The highest BCUT2D eigenvalue weighted by Gasteiger charge is 2.53. The van der Waals surface area contributed by atoms with Crippen LogP contribution in [0.1, 0.15) is 154 Å². The maximum absolute atomic E-state index is 14.5. The van der Waals surface area contributed by atoms with E-state index < -0.39 is 102 Å². The van der Waals surface area contributed by atoms with Gasteiger partial charge < -0.3 is 80.5 Å². The van der Waals surface area contributed by atoms with Gasteiger partial charge in [0.25, 0.3) is 17.6 Å². The zero-order valence-electron chi connectivity index (χ0n) is 60.0. The van der Waals surface area contributed by atoms with Gasteiger partial charge in [-0.1, -0.05) is 71.1 Å². The minimum Gasteiger partial charge on any atom is -0.481 e. The van der Waals surface area contributed by atoms with Gasteiger partial charge in [-0.3, -0.25) is 28.8 Å². The average Bonchev–Trinajstić information content (AvgIpc) is 0.777. The first kappa shape index (κ1) is 82.0. The van der Waals surface area contributed by atoms with E-state index in [1.54, 1.807) is 59.4 Å². The van der Waals surface area contributed by atoms with Crippen molar-refractivity contribution >= 4 is 75.7 Å². The van der Waals surface area contributed by atoms with Crippen molar-refractivity contribution in [3.63, 3.8) is 0 Å². The Morgan fingerprint density at radius 1 is 0.861 bits per heavy atom. The van der Waals surface area contributed by atoms with Gasteiger partial charge in [0, 0.05) is 83.2 Å². The normalized spacial score (nSPS) is 30.2. The number of aliphatic hydroxyl groups excluding tert-OH is 2. The zero-order chi connectivity index (χ0) is 74.4. The molecule has 1 aromatic carbocycles. The van der Waals surface area contributed by atoms with E-state index in [-0.39, 0.29) is 104 Å². The van der Waals surface area contributed by atoms with Crippen LogP contribution in [0.4, 0.5) is 17.5 Å². The number of hydrogen-bond donors (Lipinski definition) is 8. The summed E-state index contributed by atoms with van der Waals surface area (Å²) in [6.45, 7) is 13.2. The summed E-state index contributed by atoms with van der Waals surface area (Å²) in [5.74, 6) is -10.9. The number of cyclic esters (lactones) is 1. The van der Waals surface area contributed by atoms with E-state index in [2.05, 4.69) is 25.3 Å². The molecule has 28 nitrogen and oxygen atoms in total. The number of nitrogens with one attached hydrogen (secondary N) is 1. The van der Waals surface area contributed by atoms with E-state index in [9.17, 15) is 58.8 Å². The lowest BCUT2D eigenvalue weighted by atomic mass is 9.78. The number of carbonyl (C=O) groups is 8. The number of carboxylic acids is 2. The third-order valence-electron chi connectivity index (χ3n) is 19.6. The van der Waals surface area contributed by atoms with Crippen LogP contribution in [-0.2, 0) is 68.5 Å². The van der Waals surface area contributed by atoms with Crippen LogP contribution in [0, 0.1) is 35.5 Å². The Hall–Kier alpha value is -7.96. The van der Waals surface area contributed by atoms with Gasteiger partial charge in [-0.2, -0.15) is 9.97 Å². The minimum atomic E-state index is -2.43. The molecule has 556 valence electrons. The Morgan fingerprint density at radius 2 is 1.58 bits per heavy atom. The SMILES string of the molecule is CN(Cc1cnc2nc(N)nc(N)c2n1)c1ccc(C(=O)N[C@@H](CCC(=O)O)C(=O)O)cc1.CO[C@H]1C[C@@H]2CC[C@@H](C)[C@@](O)(O2)C(=O)C(=O)N2CCCC[C@H]2C(=O)O[C@H]([C@H](C)C[C@@H]2CC[C@@H](OCCO)[C@H](OC)C2)CC(=O)[C@H](C)/C=C(\C)[C@@H](O)[C@@H](OC)C(=O)[C@H](C)C[C@H](C)/C=C/C=C/C=C/1C. The van der Waals surface area contributed by atoms with Crippen molar-refractivity contribution in [3.8, 4) is 0 Å². The number of anilines is 3. The van der Waals surface area contributed by atoms with Gasteiger partial charge >= 0.3 is 17.9 Å². The highest BCUT2D eigenvalue weighted by molar-refractivity contribution is 6.39. The lowest BCUT2D eigenvalue weighted by Gasteiger charge is -2.42. The highest BCUT2D eigenvalue weighted by atomic mass is 16.6. The summed E-state index contributed by atoms with van der Waals surface area (Å²) in [6.07, 6.45) is 13.0. The number of carboxylic acid groups (broad SMARTS) is 2. The number of allylic oxidation sites excluding steroid dienone is 6. The number of fused-ring (bicyclic) bond motifs is 4. The van der Waals surface area contributed by atoms with Crippen molar-refractivity contribution < 1.29 is 92.3 Å². The molecule has 1 aliphatic carbocycles. The monoisotopic (exact) mass is 1410 g/mol. The summed E-state index contributed by atoms with van der Waals surface area (Å²) >= 11 is 0. The molecule has 10 N–H and O–H groups in total. The molecule has 2 amide bonds. The number of carbonyl (C=O) groups excluding carboxylic acids is 6. The summed E-state index contributed by atoms with van der Waals surface area (Å²) < 4.78 is 35.6. The molecule has 28 heteroatoms. The fraction of sp³-hybridized carbons (Fsp3) is 0.616. The first-order valence-electron chi connectivity index (χ1n) is 34.8. The third-order valence-corrected chi connectivity index (χ3v) is 19.6. The number of piperidine rings is 1. The number of esters is 1. The molecule has 16 atom stereocenters. The fourth-order valence-electron chi connectivity index (χ4n) is 13.5. The Morgan fingerprint density at radius 3 is 2.25 bits per heavy atom. The number of amides is 2. The van der Waals surface area contributed by atoms with Gasteiger partial charge in [0.05, 0.1) is 56.1 Å². The predicted octanol–water partition coefficient (Wildman–Crippen LogP) is 6.47. The molecule has 7 rings (SSSR count). The molecule has 0 unspecified atom stereocenters. The Bertz CT molecular complexity index is 3460. The predicted molar refractivity (Wildman–Crippen MR) is 374 cm³/mol. The number of nitrogens with two attached hydrogens (primary N) is 2. The average molecular weight is 1410 g/mol. The number of ether oxygens (including phenoxy) is 6. The molecule has 3 aliphatic heterocycles. The quantitative estimate of drug-likeness (QED) is 0.0384. The highest BCUT2D eigenvalue weighted by Crippen LogP contribution is 2.38. The lowest BCUT2D eigenvalue weighted by molar-refractivity contribution is -0.265. The van der Waals surface area contributed by atoms with Crippen molar-refractivity contribution in [2.45, 2.75) is 206 Å². The Balaban J connectivity index is 0.000000404. The Kier molecular flexibility index (Phi) is 31.6. The molecule has 2 saturated heterocycles. The van der Waals surface area contributed by atoms with Crippen molar-refractivity contribution in [2.75, 3.05) is 64.5 Å². The molecule has 4 aliphatic rings. The summed E-state index contributed by atoms with van der Waals surface area (Å²) in [5, 5.41) is 53.0. The number of ketones is 3. The molecule has 3 fully saturated rings. The molecule has 2 bridgehead atoms. The van der Waals surface area contributed by atoms with Crippen molar-refractivity contribution in [2.24, 2.45) is 35.5 Å². The second-order valence-corrected chi connectivity index (χ2v) is 27.4. The summed E-state index contributed by atoms with van der Waals surface area (Å²) in [7, 11) is 6.40. The van der Waals surface area contributed by atoms with Crippen molar-refractivity contribution in [1.29, 1.82) is 0 Å². The molecular weight excluding hydrogens is 1310 g/mol. The molecular formula is C73H105N9O19. The second-order valence-electron chi connectivity index (χ2n) is 27.4. The maximum Gasteiger partial charge on any atom is 0.329 e. The fourth-order valence-corrected chi connectivity index (χ4v) is 13.5. The van der Waals surface area contributed by atoms with Gasteiger partial charge in [0.1, 0.15) is 36.2 Å². The van der Waals surface area contributed by atoms with Crippen LogP contribution in [0.2, 0.25) is 0 Å². The number of rotatable bonds is 18. The zero-order valence-corrected chi connectivity index (χ0v) is 60.0. The third kappa shape index (κ3) is 23.0. The summed E-state index contributed by atoms with van der Waals surface area (Å²) in [4.78, 5) is 125. The number of hydrogen-bond acceptors (Lipinski definition) is 24. The van der Waals surface area contributed by atoms with Crippen LogP contribution < -0.4 is 21.7 Å². The van der Waals surface area contributed by atoms with Crippen LogP contribution >= 0.6 is 0 Å². The van der Waals surface area contributed by atoms with Crippen LogP contribution in [0.15, 0.2) is 78.1 Å². The number of aromatic nitrogens is 4. The van der Waals surface area contributed by atoms with Crippen molar-refractivity contribution in [3.05, 3.63) is 89.3 Å². The minimum absolute atomic E-state index is 0.0138. The van der Waals surface area contributed by atoms with E-state index in [4.69, 9.17) is 45.0 Å². The molecule has 2 aromatic heterocycles. The van der Waals surface area contributed by atoms with Crippen LogP contribution in [-0.4, -0.2) is 206 Å². The van der Waals surface area contributed by atoms with Gasteiger partial charge in [-0.25, -0.2) is 19.6 Å². The van der Waals surface area contributed by atoms with Gasteiger partial charge in [0.2, 0.25) is 11.7 Å². The van der Waals surface area contributed by atoms with E-state index in [1.165, 1.54) is 24.1 Å². The molecule has 1 saturated carbocycles. The standard InChI is InChI=1S/C53H83NO14.C20H22N8O5/c1-32-16-12-11-13-17-33(2)44(63-8)30-40-21-19-38(7)53(62,68-40)50(59)51(60)54-23-15-14-18-41(54)52(61)67-45(35(4)28-39-20-22-43(66-25-24-55)46(29-39)64-9)31-42(56)34(3)27-37(6)48(58)49(65-10)47(57)36(5)26-32;1-28(9-11-8-23-17-15(24-11)16(21)26-20(22)27-17)12-4-2-10(3-5-12)18(31)25-13(19(32)33)6-7-14(29)30/h11-13,16-17,27,32,34-36,38-41,43-46,48-49,55,58,62H,14-15,18-26,28-31H2,1-10H3;2-5,8,13H,6-7,9H2,1H3,(H,25,31)(H,29,30)(H,32,33)(H4,21,22,23,26,27)/b13-11+,16-12+,33-17+,37-27+;/t32-,34-,35-,36-,38-,39+,40+,41+,43-,44+,45+,46-,48-,49+,53-;13-/m10/s1. The molecule has 3 aromatic rings. The van der Waals surface area contributed by atoms with E-state index in [1.807, 2.05) is 70.0 Å². The second kappa shape index (κ2) is 38.9. The molecule has 0 radical (unpaired) electrons. The number of nitrogens with zero attached hydrogens (tertiary/aromatic N) is 6. The van der Waals surface area contributed by atoms with Gasteiger partial charge in [0.15, 0.2) is 22.8 Å². The number of methoxy groups -OCH3 is 3. The first-order valence-corrected chi connectivity index (χ1v) is 34.8. The molecule has 5 heterocycles. The van der Waals surface area contributed by atoms with E-state index in [0.717, 1.165) is 17.7 Å². The van der Waals surface area contributed by atoms with Gasteiger partial charge in [-0.05, 0) is 138 Å². The van der Waals surface area contributed by atoms with E-state index in [0.29, 0.717) is 86.8 Å². The smallest absolute Gasteiger partial charge is 0.329 e. The van der Waals surface area contributed by atoms with Crippen LogP contribution in [0.25, 0.3) is 11.2 Å².